The largest absolute Gasteiger partial charge is 0.416 e. The van der Waals surface area contributed by atoms with Crippen molar-refractivity contribution in [3.8, 4) is 17.8 Å². The third-order valence-electron chi connectivity index (χ3n) is 3.85. The van der Waals surface area contributed by atoms with E-state index >= 15 is 0 Å². The third-order valence-corrected chi connectivity index (χ3v) is 4.43. The number of alkyl halides is 3. The molecule has 0 aliphatic carbocycles. The van der Waals surface area contributed by atoms with Crippen molar-refractivity contribution >= 4 is 29.4 Å². The summed E-state index contributed by atoms with van der Waals surface area (Å²) in [5.74, 6) is 0. The average Bonchev–Trinajstić information content (AvgIpc) is 2.88. The van der Waals surface area contributed by atoms with Gasteiger partial charge in [0.1, 0.15) is 17.8 Å². The first-order valence-electron chi connectivity index (χ1n) is 7.60. The van der Waals surface area contributed by atoms with E-state index in [1.54, 1.807) is 36.6 Å². The molecule has 0 bridgehead atoms. The van der Waals surface area contributed by atoms with Crippen molar-refractivity contribution in [1.29, 1.82) is 10.5 Å². The zero-order valence-corrected chi connectivity index (χ0v) is 16.1. The second kappa shape index (κ2) is 7.97. The van der Waals surface area contributed by atoms with E-state index in [1.165, 1.54) is 6.21 Å². The Balaban J connectivity index is 2.60. The van der Waals surface area contributed by atoms with Crippen LogP contribution in [0.3, 0.4) is 0 Å². The van der Waals surface area contributed by atoms with Gasteiger partial charge in [-0.15, -0.1) is 0 Å². The Bertz CT molecular complexity index is 1060. The number of aliphatic imine (C=N–C) groups is 1. The van der Waals surface area contributed by atoms with Crippen LogP contribution in [0.5, 0.6) is 0 Å². The van der Waals surface area contributed by atoms with Crippen LogP contribution < -0.4 is 5.73 Å². The summed E-state index contributed by atoms with van der Waals surface area (Å²) in [6.07, 6.45) is -3.25. The number of allylic oxidation sites excluding steroid dienone is 2. The molecule has 0 amide bonds. The van der Waals surface area contributed by atoms with Gasteiger partial charge in [-0.25, -0.2) is 4.99 Å². The number of nitrogens with zero attached hydrogens (tertiary/aromatic N) is 4. The van der Waals surface area contributed by atoms with Gasteiger partial charge in [0.15, 0.2) is 5.70 Å². The molecule has 1 aromatic heterocycles. The van der Waals surface area contributed by atoms with E-state index < -0.39 is 11.7 Å². The van der Waals surface area contributed by atoms with Gasteiger partial charge < -0.3 is 10.3 Å². The first-order chi connectivity index (χ1) is 13.0. The molecule has 2 N–H and O–H groups in total. The van der Waals surface area contributed by atoms with Crippen LogP contribution in [-0.4, -0.2) is 10.8 Å². The molecule has 0 atom stereocenters. The van der Waals surface area contributed by atoms with E-state index in [1.807, 2.05) is 0 Å². The Kier molecular flexibility index (Phi) is 6.08. The van der Waals surface area contributed by atoms with Crippen LogP contribution in [0.4, 0.5) is 13.2 Å². The maximum atomic E-state index is 12.9. The van der Waals surface area contributed by atoms with E-state index in [2.05, 4.69) is 4.99 Å². The topological polar surface area (TPSA) is 90.9 Å². The number of aromatic nitrogens is 1. The molecule has 0 radical (unpaired) electrons. The van der Waals surface area contributed by atoms with Crippen molar-refractivity contribution in [1.82, 2.24) is 4.57 Å². The van der Waals surface area contributed by atoms with Crippen LogP contribution in [0.15, 0.2) is 34.6 Å². The van der Waals surface area contributed by atoms with Crippen molar-refractivity contribution in [2.75, 3.05) is 0 Å². The summed E-state index contributed by atoms with van der Waals surface area (Å²) >= 11 is 12.2. The van der Waals surface area contributed by atoms with E-state index in [4.69, 9.17) is 39.5 Å². The molecule has 0 spiro atoms. The molecule has 0 saturated carbocycles. The van der Waals surface area contributed by atoms with E-state index in [9.17, 15) is 13.2 Å². The smallest absolute Gasteiger partial charge is 0.388 e. The van der Waals surface area contributed by atoms with Crippen molar-refractivity contribution < 1.29 is 13.2 Å². The van der Waals surface area contributed by atoms with E-state index in [-0.39, 0.29) is 27.1 Å². The number of nitriles is 2. The minimum Gasteiger partial charge on any atom is -0.388 e. The summed E-state index contributed by atoms with van der Waals surface area (Å²) in [4.78, 5) is 3.90. The summed E-state index contributed by atoms with van der Waals surface area (Å²) in [6, 6.07) is 6.64. The summed E-state index contributed by atoms with van der Waals surface area (Å²) in [5, 5.41) is 17.4. The molecule has 144 valence electrons. The van der Waals surface area contributed by atoms with Gasteiger partial charge in [-0.05, 0) is 32.0 Å². The zero-order chi connectivity index (χ0) is 21.2. The number of hydrogen-bond acceptors (Lipinski definition) is 4. The van der Waals surface area contributed by atoms with E-state index in [0.717, 1.165) is 12.1 Å². The van der Waals surface area contributed by atoms with Crippen LogP contribution in [0.1, 0.15) is 22.5 Å². The van der Waals surface area contributed by atoms with Gasteiger partial charge in [0, 0.05) is 23.2 Å². The van der Waals surface area contributed by atoms with Crippen molar-refractivity contribution in [2.24, 2.45) is 10.7 Å². The molecule has 10 heteroatoms. The maximum absolute atomic E-state index is 12.9. The zero-order valence-electron chi connectivity index (χ0n) is 14.6. The molecule has 28 heavy (non-hydrogen) atoms. The van der Waals surface area contributed by atoms with Gasteiger partial charge in [-0.2, -0.15) is 23.7 Å². The van der Waals surface area contributed by atoms with Crippen molar-refractivity contribution in [3.63, 3.8) is 0 Å². The third kappa shape index (κ3) is 4.14. The van der Waals surface area contributed by atoms with Crippen LogP contribution in [0.25, 0.3) is 5.69 Å². The number of halogens is 5. The molecule has 5 nitrogen and oxygen atoms in total. The molecule has 0 fully saturated rings. The quantitative estimate of drug-likeness (QED) is 0.550. The van der Waals surface area contributed by atoms with Crippen molar-refractivity contribution in [2.45, 2.75) is 20.0 Å². The fourth-order valence-electron chi connectivity index (χ4n) is 2.55. The van der Waals surface area contributed by atoms with Crippen LogP contribution in [-0.2, 0) is 6.18 Å². The predicted octanol–water partition coefficient (Wildman–Crippen LogP) is 5.06. The van der Waals surface area contributed by atoms with Gasteiger partial charge in [0.05, 0.1) is 21.3 Å². The number of benzene rings is 1. The highest BCUT2D eigenvalue weighted by Gasteiger charge is 2.32. The first kappa shape index (κ1) is 21.4. The van der Waals surface area contributed by atoms with Crippen LogP contribution in [0, 0.1) is 36.5 Å². The number of aryl methyl sites for hydroxylation is 1. The molecule has 2 aromatic rings. The highest BCUT2D eigenvalue weighted by molar-refractivity contribution is 6.38. The predicted molar refractivity (Wildman–Crippen MR) is 100 cm³/mol. The number of nitrogens with two attached hydrogens (primary N) is 1. The Labute approximate surface area is 168 Å². The maximum Gasteiger partial charge on any atom is 0.416 e. The average molecular weight is 426 g/mol. The molecule has 1 aromatic carbocycles. The summed E-state index contributed by atoms with van der Waals surface area (Å²) < 4.78 is 40.4. The Morgan fingerprint density at radius 2 is 1.71 bits per heavy atom. The lowest BCUT2D eigenvalue weighted by atomic mass is 10.2. The highest BCUT2D eigenvalue weighted by Crippen LogP contribution is 2.38. The molecular formula is C18H12Cl2F3N5. The second-order valence-electron chi connectivity index (χ2n) is 5.69. The number of rotatable bonds is 3. The highest BCUT2D eigenvalue weighted by atomic mass is 35.5. The molecule has 0 aliphatic heterocycles. The minimum atomic E-state index is -4.58. The first-order valence-corrected chi connectivity index (χ1v) is 8.36. The normalized spacial score (nSPS) is 12.6. The molecule has 0 unspecified atom stereocenters. The SMILES string of the molecule is Cc1cc(C=N/C(C#N)=C(\N)C#N)c(C)n1-c1c(Cl)cc(C(F)(F)F)cc1Cl. The van der Waals surface area contributed by atoms with Crippen LogP contribution in [0.2, 0.25) is 10.0 Å². The summed E-state index contributed by atoms with van der Waals surface area (Å²) in [5.41, 5.74) is 5.79. The summed E-state index contributed by atoms with van der Waals surface area (Å²) in [7, 11) is 0. The second-order valence-corrected chi connectivity index (χ2v) is 6.51. The van der Waals surface area contributed by atoms with E-state index in [0.29, 0.717) is 17.0 Å². The van der Waals surface area contributed by atoms with Gasteiger partial charge in [-0.1, -0.05) is 23.2 Å². The molecule has 0 saturated heterocycles. The fourth-order valence-corrected chi connectivity index (χ4v) is 3.21. The lowest BCUT2D eigenvalue weighted by Gasteiger charge is -2.16. The Hall–Kier alpha value is -2.94. The monoisotopic (exact) mass is 425 g/mol. The molecular weight excluding hydrogens is 414 g/mol. The van der Waals surface area contributed by atoms with Gasteiger partial charge in [-0.3, -0.25) is 0 Å². The summed E-state index contributed by atoms with van der Waals surface area (Å²) in [6.45, 7) is 3.39. The van der Waals surface area contributed by atoms with Crippen molar-refractivity contribution in [3.05, 3.63) is 62.2 Å². The van der Waals surface area contributed by atoms with Gasteiger partial charge in [0.25, 0.3) is 0 Å². The number of hydrogen-bond donors (Lipinski definition) is 1. The molecule has 0 aliphatic rings. The van der Waals surface area contributed by atoms with Gasteiger partial charge in [0.2, 0.25) is 0 Å². The molecule has 2 rings (SSSR count). The molecule has 1 heterocycles. The standard InChI is InChI=1S/C18H12Cl2F3N5/c1-9-3-11(8-27-16(7-25)15(26)6-24)10(2)28(9)17-13(19)4-12(5-14(17)20)18(21,22)23/h3-5,8H,26H2,1-2H3/b16-15-,27-8?. The fraction of sp³-hybridized carbons (Fsp3) is 0.167. The Morgan fingerprint density at radius 3 is 2.18 bits per heavy atom. The van der Waals surface area contributed by atoms with Gasteiger partial charge >= 0.3 is 6.18 Å². The lowest BCUT2D eigenvalue weighted by Crippen LogP contribution is -2.08. The lowest BCUT2D eigenvalue weighted by molar-refractivity contribution is -0.137. The minimum absolute atomic E-state index is 0.170. The Morgan fingerprint density at radius 1 is 1.14 bits per heavy atom. The van der Waals surface area contributed by atoms with Crippen LogP contribution >= 0.6 is 23.2 Å².